The van der Waals surface area contributed by atoms with E-state index >= 15 is 0 Å². The van der Waals surface area contributed by atoms with Gasteiger partial charge in [0.2, 0.25) is 0 Å². The smallest absolute Gasteiger partial charge is 0.0165 e. The predicted octanol–water partition coefficient (Wildman–Crippen LogP) is 3.78. The van der Waals surface area contributed by atoms with Crippen molar-refractivity contribution in [3.63, 3.8) is 0 Å². The molecule has 0 bridgehead atoms. The van der Waals surface area contributed by atoms with Gasteiger partial charge in [0.25, 0.3) is 0 Å². The molecule has 0 spiro atoms. The van der Waals surface area contributed by atoms with Gasteiger partial charge in [-0.05, 0) is 24.7 Å². The summed E-state index contributed by atoms with van der Waals surface area (Å²) in [6.07, 6.45) is 2.23. The molecule has 15 heavy (non-hydrogen) atoms. The summed E-state index contributed by atoms with van der Waals surface area (Å²) in [6.45, 7) is 18.9. The van der Waals surface area contributed by atoms with Gasteiger partial charge in [0.05, 0.1) is 0 Å². The third kappa shape index (κ3) is 9.74. The van der Waals surface area contributed by atoms with E-state index in [1.54, 1.807) is 0 Å². The van der Waals surface area contributed by atoms with Gasteiger partial charge in [0, 0.05) is 13.1 Å². The van der Waals surface area contributed by atoms with E-state index in [9.17, 15) is 0 Å². The molecule has 0 atom stereocenters. The molecule has 0 amide bonds. The van der Waals surface area contributed by atoms with E-state index in [4.69, 9.17) is 0 Å². The average molecular weight is 209 g/mol. The second kappa shape index (κ2) is 7.70. The molecule has 0 aliphatic heterocycles. The van der Waals surface area contributed by atoms with E-state index in [1.807, 2.05) is 0 Å². The summed E-state index contributed by atoms with van der Waals surface area (Å²) in [5.74, 6) is 1.41. The Morgan fingerprint density at radius 3 is 1.47 bits per heavy atom. The summed E-state index contributed by atoms with van der Waals surface area (Å²) < 4.78 is 0. The van der Waals surface area contributed by atoms with Crippen molar-refractivity contribution in [3.8, 4) is 0 Å². The van der Waals surface area contributed by atoms with Crippen LogP contribution in [0.2, 0.25) is 0 Å². The van der Waals surface area contributed by atoms with Crippen LogP contribution in [0.3, 0.4) is 0 Å². The first-order chi connectivity index (χ1) is 6.91. The fourth-order valence-corrected chi connectivity index (χ4v) is 1.72. The van der Waals surface area contributed by atoms with Crippen LogP contribution in [0.25, 0.3) is 0 Å². The Morgan fingerprint density at radius 2 is 1.20 bits per heavy atom. The molecule has 0 aliphatic rings. The molecule has 88 valence electrons. The zero-order valence-corrected chi connectivity index (χ0v) is 10.9. The largest absolute Gasteiger partial charge is 0.309 e. The molecule has 1 nitrogen and oxygen atoms in total. The maximum Gasteiger partial charge on any atom is 0.0165 e. The first-order valence-electron chi connectivity index (χ1n) is 5.95. The van der Waals surface area contributed by atoms with Crippen LogP contribution >= 0.6 is 0 Å². The molecule has 0 unspecified atom stereocenters. The molecule has 1 heteroatoms. The minimum absolute atomic E-state index is 0.707. The molecule has 1 N–H and O–H groups in total. The van der Waals surface area contributed by atoms with Crippen molar-refractivity contribution in [2.75, 3.05) is 13.1 Å². The van der Waals surface area contributed by atoms with Crippen molar-refractivity contribution in [1.29, 1.82) is 0 Å². The molecule has 0 aromatic carbocycles. The highest BCUT2D eigenvalue weighted by atomic mass is 14.8. The highest BCUT2D eigenvalue weighted by molar-refractivity contribution is 5.02. The maximum absolute atomic E-state index is 4.06. The molecular weight excluding hydrogens is 182 g/mol. The van der Waals surface area contributed by atoms with Gasteiger partial charge in [-0.3, -0.25) is 0 Å². The zero-order chi connectivity index (χ0) is 11.8. The van der Waals surface area contributed by atoms with Crippen LogP contribution in [0.1, 0.15) is 40.5 Å². The number of nitrogens with one attached hydrogen (secondary N) is 1. The van der Waals surface area contributed by atoms with Gasteiger partial charge in [-0.15, -0.1) is 0 Å². The topological polar surface area (TPSA) is 12.0 Å². The van der Waals surface area contributed by atoms with Crippen LogP contribution in [-0.2, 0) is 0 Å². The van der Waals surface area contributed by atoms with Gasteiger partial charge >= 0.3 is 0 Å². The monoisotopic (exact) mass is 209 g/mol. The molecule has 0 heterocycles. The maximum atomic E-state index is 4.06. The van der Waals surface area contributed by atoms with Crippen LogP contribution < -0.4 is 5.32 Å². The first kappa shape index (κ1) is 14.4. The lowest BCUT2D eigenvalue weighted by Crippen LogP contribution is -2.20. The van der Waals surface area contributed by atoms with E-state index < -0.39 is 0 Å². The number of hydrogen-bond donors (Lipinski definition) is 1. The Hall–Kier alpha value is -0.560. The van der Waals surface area contributed by atoms with Gasteiger partial charge in [0.15, 0.2) is 0 Å². The molecule has 0 saturated heterocycles. The molecular formula is C14H27N. The van der Waals surface area contributed by atoms with Crippen molar-refractivity contribution in [2.24, 2.45) is 11.8 Å². The average Bonchev–Trinajstić information content (AvgIpc) is 2.00. The van der Waals surface area contributed by atoms with Crippen LogP contribution in [0, 0.1) is 11.8 Å². The summed E-state index contributed by atoms with van der Waals surface area (Å²) in [7, 11) is 0. The number of rotatable bonds is 8. The molecule has 0 aromatic rings. The fourth-order valence-electron chi connectivity index (χ4n) is 1.72. The lowest BCUT2D eigenvalue weighted by molar-refractivity contribution is 0.602. The van der Waals surface area contributed by atoms with Crippen molar-refractivity contribution in [2.45, 2.75) is 40.5 Å². The summed E-state index contributed by atoms with van der Waals surface area (Å²) in [6, 6.07) is 0. The minimum atomic E-state index is 0.707. The number of hydrogen-bond acceptors (Lipinski definition) is 1. The predicted molar refractivity (Wildman–Crippen MR) is 70.1 cm³/mol. The standard InChI is InChI=1S/C14H27N/c1-11(2)7-13(5)9-15-10-14(6)8-12(3)4/h11-12,15H,5-10H2,1-4H3. The molecule has 0 aliphatic carbocycles. The van der Waals surface area contributed by atoms with Crippen molar-refractivity contribution in [3.05, 3.63) is 24.3 Å². The Labute approximate surface area is 95.7 Å². The van der Waals surface area contributed by atoms with E-state index in [0.717, 1.165) is 25.9 Å². The second-order valence-corrected chi connectivity index (χ2v) is 5.30. The van der Waals surface area contributed by atoms with E-state index in [0.29, 0.717) is 11.8 Å². The van der Waals surface area contributed by atoms with Gasteiger partial charge < -0.3 is 5.32 Å². The molecule has 0 rings (SSSR count). The lowest BCUT2D eigenvalue weighted by Gasteiger charge is -2.12. The minimum Gasteiger partial charge on any atom is -0.309 e. The third-order valence-electron chi connectivity index (χ3n) is 2.14. The van der Waals surface area contributed by atoms with Crippen molar-refractivity contribution < 1.29 is 0 Å². The Bertz CT molecular complexity index is 179. The molecule has 0 radical (unpaired) electrons. The summed E-state index contributed by atoms with van der Waals surface area (Å²) in [5, 5.41) is 3.40. The van der Waals surface area contributed by atoms with Crippen LogP contribution in [0.4, 0.5) is 0 Å². The molecule has 0 aromatic heterocycles. The van der Waals surface area contributed by atoms with E-state index in [-0.39, 0.29) is 0 Å². The van der Waals surface area contributed by atoms with Gasteiger partial charge in [0.1, 0.15) is 0 Å². The summed E-state index contributed by atoms with van der Waals surface area (Å²) in [5.41, 5.74) is 2.59. The Kier molecular flexibility index (Phi) is 7.41. The van der Waals surface area contributed by atoms with Crippen molar-refractivity contribution >= 4 is 0 Å². The molecule has 0 fully saturated rings. The van der Waals surface area contributed by atoms with Gasteiger partial charge in [-0.1, -0.05) is 52.0 Å². The molecule has 0 saturated carbocycles. The summed E-state index contributed by atoms with van der Waals surface area (Å²) >= 11 is 0. The van der Waals surface area contributed by atoms with Crippen LogP contribution in [0.15, 0.2) is 24.3 Å². The second-order valence-electron chi connectivity index (χ2n) is 5.30. The van der Waals surface area contributed by atoms with Gasteiger partial charge in [-0.2, -0.15) is 0 Å². The summed E-state index contributed by atoms with van der Waals surface area (Å²) in [4.78, 5) is 0. The quantitative estimate of drug-likeness (QED) is 0.600. The Morgan fingerprint density at radius 1 is 0.867 bits per heavy atom. The van der Waals surface area contributed by atoms with Gasteiger partial charge in [-0.25, -0.2) is 0 Å². The highest BCUT2D eigenvalue weighted by Crippen LogP contribution is 2.09. The highest BCUT2D eigenvalue weighted by Gasteiger charge is 2.01. The van der Waals surface area contributed by atoms with E-state index in [1.165, 1.54) is 11.1 Å². The van der Waals surface area contributed by atoms with Crippen LogP contribution in [0.5, 0.6) is 0 Å². The van der Waals surface area contributed by atoms with Crippen molar-refractivity contribution in [1.82, 2.24) is 5.32 Å². The normalized spacial score (nSPS) is 11.1. The first-order valence-corrected chi connectivity index (χ1v) is 5.95. The van der Waals surface area contributed by atoms with Crippen LogP contribution in [-0.4, -0.2) is 13.1 Å². The third-order valence-corrected chi connectivity index (χ3v) is 2.14. The van der Waals surface area contributed by atoms with E-state index in [2.05, 4.69) is 46.2 Å². The SMILES string of the molecule is C=C(CNCC(=C)CC(C)C)CC(C)C. The lowest BCUT2D eigenvalue weighted by atomic mass is 10.0. The fraction of sp³-hybridized carbons (Fsp3) is 0.714. The Balaban J connectivity index is 3.53. The zero-order valence-electron chi connectivity index (χ0n) is 10.9.